The molecule has 1 saturated heterocycles. The predicted molar refractivity (Wildman–Crippen MR) is 67.9 cm³/mol. The molecule has 78 valence electrons. The Kier molecular flexibility index (Phi) is 3.17. The second-order valence-electron chi connectivity index (χ2n) is 3.80. The van der Waals surface area contributed by atoms with E-state index in [1.807, 2.05) is 6.08 Å². The Morgan fingerprint density at radius 3 is 2.80 bits per heavy atom. The van der Waals surface area contributed by atoms with Crippen molar-refractivity contribution >= 4 is 17.2 Å². The summed E-state index contributed by atoms with van der Waals surface area (Å²) in [6.45, 7) is 4.64. The van der Waals surface area contributed by atoms with Gasteiger partial charge in [-0.1, -0.05) is 48.6 Å². The summed E-state index contributed by atoms with van der Waals surface area (Å²) in [6, 6.07) is 11.0. The van der Waals surface area contributed by atoms with Gasteiger partial charge in [-0.25, -0.2) is 0 Å². The van der Waals surface area contributed by atoms with Crippen molar-refractivity contribution in [2.75, 3.05) is 6.54 Å². The third-order valence-corrected chi connectivity index (χ3v) is 3.28. The van der Waals surface area contributed by atoms with Crippen LogP contribution in [0.1, 0.15) is 24.4 Å². The van der Waals surface area contributed by atoms with E-state index in [0.29, 0.717) is 6.04 Å². The average Bonchev–Trinajstić information content (AvgIpc) is 2.63. The van der Waals surface area contributed by atoms with Gasteiger partial charge in [-0.05, 0) is 12.0 Å². The van der Waals surface area contributed by atoms with Gasteiger partial charge < -0.3 is 4.90 Å². The first kappa shape index (κ1) is 10.4. The topological polar surface area (TPSA) is 3.24 Å². The van der Waals surface area contributed by atoms with Crippen molar-refractivity contribution in [1.82, 2.24) is 4.90 Å². The van der Waals surface area contributed by atoms with Crippen molar-refractivity contribution < 1.29 is 0 Å². The molecule has 1 nitrogen and oxygen atoms in total. The minimum atomic E-state index is 0.455. The van der Waals surface area contributed by atoms with Gasteiger partial charge in [0.15, 0.2) is 0 Å². The van der Waals surface area contributed by atoms with Crippen LogP contribution in [0.25, 0.3) is 0 Å². The number of hydrogen-bond donors (Lipinski definition) is 0. The molecule has 2 heteroatoms. The van der Waals surface area contributed by atoms with Crippen LogP contribution in [-0.4, -0.2) is 16.4 Å². The summed E-state index contributed by atoms with van der Waals surface area (Å²) in [6.07, 6.45) is 4.09. The van der Waals surface area contributed by atoms with Crippen molar-refractivity contribution in [3.63, 3.8) is 0 Å². The monoisotopic (exact) mass is 217 g/mol. The Bertz CT molecular complexity index is 358. The SMILES string of the molecule is C=CCN1C(=S)CCC1c1ccccc1. The van der Waals surface area contributed by atoms with Crippen LogP contribution in [-0.2, 0) is 0 Å². The number of benzene rings is 1. The maximum absolute atomic E-state index is 5.36. The molecule has 1 aromatic carbocycles. The highest BCUT2D eigenvalue weighted by atomic mass is 32.1. The second kappa shape index (κ2) is 4.58. The van der Waals surface area contributed by atoms with E-state index in [0.717, 1.165) is 24.4 Å². The molecule has 0 N–H and O–H groups in total. The van der Waals surface area contributed by atoms with E-state index in [-0.39, 0.29) is 0 Å². The molecule has 1 aromatic rings. The highest BCUT2D eigenvalue weighted by Gasteiger charge is 2.27. The van der Waals surface area contributed by atoms with Gasteiger partial charge >= 0.3 is 0 Å². The zero-order chi connectivity index (χ0) is 10.7. The molecule has 1 unspecified atom stereocenters. The third kappa shape index (κ3) is 2.10. The van der Waals surface area contributed by atoms with Gasteiger partial charge in [0.2, 0.25) is 0 Å². The largest absolute Gasteiger partial charge is 0.355 e. The van der Waals surface area contributed by atoms with Crippen molar-refractivity contribution in [1.29, 1.82) is 0 Å². The summed E-state index contributed by atoms with van der Waals surface area (Å²) in [5.74, 6) is 0. The molecule has 0 aromatic heterocycles. The molecular weight excluding hydrogens is 202 g/mol. The number of rotatable bonds is 3. The molecule has 0 bridgehead atoms. The van der Waals surface area contributed by atoms with E-state index in [4.69, 9.17) is 12.2 Å². The Labute approximate surface area is 96.4 Å². The fraction of sp³-hybridized carbons (Fsp3) is 0.308. The number of likely N-dealkylation sites (tertiary alicyclic amines) is 1. The quantitative estimate of drug-likeness (QED) is 0.564. The average molecular weight is 217 g/mol. The molecule has 0 saturated carbocycles. The Hall–Kier alpha value is -1.15. The summed E-state index contributed by atoms with van der Waals surface area (Å²) in [5.41, 5.74) is 1.36. The van der Waals surface area contributed by atoms with Gasteiger partial charge in [0.25, 0.3) is 0 Å². The van der Waals surface area contributed by atoms with Gasteiger partial charge in [0.1, 0.15) is 0 Å². The van der Waals surface area contributed by atoms with Crippen LogP contribution >= 0.6 is 12.2 Å². The van der Waals surface area contributed by atoms with Crippen molar-refractivity contribution in [3.8, 4) is 0 Å². The van der Waals surface area contributed by atoms with Gasteiger partial charge in [0, 0.05) is 13.0 Å². The molecule has 0 radical (unpaired) electrons. The minimum absolute atomic E-state index is 0.455. The van der Waals surface area contributed by atoms with E-state index in [1.165, 1.54) is 5.56 Å². The second-order valence-corrected chi connectivity index (χ2v) is 4.27. The van der Waals surface area contributed by atoms with E-state index < -0.39 is 0 Å². The van der Waals surface area contributed by atoms with E-state index in [1.54, 1.807) is 0 Å². The van der Waals surface area contributed by atoms with Crippen LogP contribution < -0.4 is 0 Å². The molecule has 0 amide bonds. The first-order valence-corrected chi connectivity index (χ1v) is 5.69. The molecule has 0 aliphatic carbocycles. The molecule has 1 aliphatic heterocycles. The predicted octanol–water partition coefficient (Wildman–Crippen LogP) is 3.34. The molecule has 1 aliphatic rings. The lowest BCUT2D eigenvalue weighted by Gasteiger charge is -2.25. The summed E-state index contributed by atoms with van der Waals surface area (Å²) in [5, 5.41) is 0. The lowest BCUT2D eigenvalue weighted by molar-refractivity contribution is 0.379. The zero-order valence-corrected chi connectivity index (χ0v) is 9.54. The van der Waals surface area contributed by atoms with E-state index >= 15 is 0 Å². The zero-order valence-electron chi connectivity index (χ0n) is 8.73. The van der Waals surface area contributed by atoms with Crippen molar-refractivity contribution in [2.45, 2.75) is 18.9 Å². The lowest BCUT2D eigenvalue weighted by Crippen LogP contribution is -2.26. The van der Waals surface area contributed by atoms with Crippen LogP contribution in [0, 0.1) is 0 Å². The fourth-order valence-corrected chi connectivity index (χ4v) is 2.44. The van der Waals surface area contributed by atoms with Gasteiger partial charge in [-0.2, -0.15) is 0 Å². The Balaban J connectivity index is 2.22. The van der Waals surface area contributed by atoms with Crippen molar-refractivity contribution in [3.05, 3.63) is 48.6 Å². The molecule has 1 fully saturated rings. The first-order valence-electron chi connectivity index (χ1n) is 5.28. The maximum Gasteiger partial charge on any atom is 0.0788 e. The minimum Gasteiger partial charge on any atom is -0.355 e. The summed E-state index contributed by atoms with van der Waals surface area (Å²) >= 11 is 5.36. The summed E-state index contributed by atoms with van der Waals surface area (Å²) < 4.78 is 0. The standard InChI is InChI=1S/C13H15NS/c1-2-10-14-12(8-9-13(14)15)11-6-4-3-5-7-11/h2-7,12H,1,8-10H2. The normalized spacial score (nSPS) is 20.7. The Morgan fingerprint density at radius 2 is 2.13 bits per heavy atom. The molecule has 1 heterocycles. The molecule has 2 rings (SSSR count). The lowest BCUT2D eigenvalue weighted by atomic mass is 10.0. The Morgan fingerprint density at radius 1 is 1.40 bits per heavy atom. The highest BCUT2D eigenvalue weighted by molar-refractivity contribution is 7.80. The van der Waals surface area contributed by atoms with Crippen LogP contribution in [0.5, 0.6) is 0 Å². The molecule has 1 atom stereocenters. The number of hydrogen-bond acceptors (Lipinski definition) is 1. The molecule has 15 heavy (non-hydrogen) atoms. The smallest absolute Gasteiger partial charge is 0.0788 e. The van der Waals surface area contributed by atoms with Crippen molar-refractivity contribution in [2.24, 2.45) is 0 Å². The van der Waals surface area contributed by atoms with Crippen LogP contribution in [0.2, 0.25) is 0 Å². The third-order valence-electron chi connectivity index (χ3n) is 2.84. The summed E-state index contributed by atoms with van der Waals surface area (Å²) in [4.78, 5) is 3.35. The van der Waals surface area contributed by atoms with Gasteiger partial charge in [0.05, 0.1) is 11.0 Å². The molecular formula is C13H15NS. The van der Waals surface area contributed by atoms with Crippen LogP contribution in [0.4, 0.5) is 0 Å². The van der Waals surface area contributed by atoms with Gasteiger partial charge in [-0.15, -0.1) is 6.58 Å². The maximum atomic E-state index is 5.36. The van der Waals surface area contributed by atoms with Gasteiger partial charge in [-0.3, -0.25) is 0 Å². The van der Waals surface area contributed by atoms with Crippen LogP contribution in [0.3, 0.4) is 0 Å². The van der Waals surface area contributed by atoms with E-state index in [2.05, 4.69) is 41.8 Å². The van der Waals surface area contributed by atoms with E-state index in [9.17, 15) is 0 Å². The summed E-state index contributed by atoms with van der Waals surface area (Å²) in [7, 11) is 0. The highest BCUT2D eigenvalue weighted by Crippen LogP contribution is 2.32. The van der Waals surface area contributed by atoms with Crippen LogP contribution in [0.15, 0.2) is 43.0 Å². The first-order chi connectivity index (χ1) is 7.33. The number of thiocarbonyl (C=S) groups is 1. The number of nitrogens with zero attached hydrogens (tertiary/aromatic N) is 1. The molecule has 0 spiro atoms. The fourth-order valence-electron chi connectivity index (χ4n) is 2.12.